The Hall–Kier alpha value is -0.830. The van der Waals surface area contributed by atoms with Gasteiger partial charge in [0.2, 0.25) is 5.91 Å². The average Bonchev–Trinajstić information content (AvgIpc) is 1.60. The van der Waals surface area contributed by atoms with Gasteiger partial charge in [-0.15, -0.1) is 0 Å². The van der Waals surface area contributed by atoms with Crippen molar-refractivity contribution in [2.24, 2.45) is 11.5 Å². The quantitative estimate of drug-likeness (QED) is 0.539. The molecule has 0 fully saturated rings. The molecule has 0 heterocycles. The Morgan fingerprint density at radius 1 is 1.50 bits per heavy atom. The molecule has 0 bridgehead atoms. The lowest BCUT2D eigenvalue weighted by atomic mass is 9.95. The predicted octanol–water partition coefficient (Wildman–Crippen LogP) is 0.155. The smallest absolute Gasteiger partial charge is 0.246 e. The summed E-state index contributed by atoms with van der Waals surface area (Å²) in [5.41, 5.74) is 10.5. The Bertz CT molecular complexity index is 165. The normalized spacial score (nSPS) is 13.4. The molecule has 3 heteroatoms. The van der Waals surface area contributed by atoms with Crippen molar-refractivity contribution in [3.8, 4) is 0 Å². The zero-order valence-corrected chi connectivity index (χ0v) is 6.64. The van der Waals surface area contributed by atoms with Gasteiger partial charge in [-0.3, -0.25) is 4.79 Å². The van der Waals surface area contributed by atoms with Crippen molar-refractivity contribution in [1.82, 2.24) is 0 Å². The molecule has 0 aromatic rings. The van der Waals surface area contributed by atoms with Gasteiger partial charge in [-0.2, -0.15) is 0 Å². The molecule has 4 N–H and O–H groups in total. The molecule has 0 rings (SSSR count). The first kappa shape index (κ1) is 9.17. The van der Waals surface area contributed by atoms with Crippen molar-refractivity contribution < 1.29 is 4.79 Å². The second-order valence-electron chi connectivity index (χ2n) is 2.79. The van der Waals surface area contributed by atoms with Crippen molar-refractivity contribution in [2.45, 2.75) is 26.3 Å². The van der Waals surface area contributed by atoms with Crippen LogP contribution in [0.2, 0.25) is 0 Å². The van der Waals surface area contributed by atoms with Crippen LogP contribution in [0.5, 0.6) is 0 Å². The Labute approximate surface area is 61.1 Å². The van der Waals surface area contributed by atoms with Crippen molar-refractivity contribution in [2.75, 3.05) is 0 Å². The number of rotatable bonds is 2. The molecule has 0 saturated heterocycles. The third-order valence-corrected chi connectivity index (χ3v) is 1.25. The van der Waals surface area contributed by atoms with Gasteiger partial charge in [0.25, 0.3) is 0 Å². The maximum atomic E-state index is 10.7. The maximum Gasteiger partial charge on any atom is 0.246 e. The van der Waals surface area contributed by atoms with E-state index in [9.17, 15) is 4.79 Å². The van der Waals surface area contributed by atoms with Gasteiger partial charge < -0.3 is 11.5 Å². The lowest BCUT2D eigenvalue weighted by molar-refractivity contribution is -0.115. The van der Waals surface area contributed by atoms with Crippen LogP contribution in [-0.2, 0) is 4.79 Å². The first-order valence-corrected chi connectivity index (χ1v) is 3.15. The van der Waals surface area contributed by atoms with Crippen molar-refractivity contribution in [3.05, 3.63) is 11.6 Å². The molecule has 0 aliphatic heterocycles. The van der Waals surface area contributed by atoms with Crippen LogP contribution in [0.25, 0.3) is 0 Å². The van der Waals surface area contributed by atoms with E-state index in [0.717, 1.165) is 0 Å². The van der Waals surface area contributed by atoms with Gasteiger partial charge in [-0.05, 0) is 20.8 Å². The van der Waals surface area contributed by atoms with Crippen LogP contribution >= 0.6 is 0 Å². The number of hydrogen-bond donors (Lipinski definition) is 2. The van der Waals surface area contributed by atoms with E-state index in [1.807, 2.05) is 0 Å². The number of primary amides is 1. The largest absolute Gasteiger partial charge is 0.366 e. The predicted molar refractivity (Wildman–Crippen MR) is 41.2 cm³/mol. The summed E-state index contributed by atoms with van der Waals surface area (Å²) in [6.45, 7) is 5.23. The number of nitrogens with two attached hydrogens (primary N) is 2. The monoisotopic (exact) mass is 142 g/mol. The van der Waals surface area contributed by atoms with E-state index in [0.29, 0.717) is 5.57 Å². The van der Waals surface area contributed by atoms with E-state index < -0.39 is 11.4 Å². The summed E-state index contributed by atoms with van der Waals surface area (Å²) in [5, 5.41) is 0. The number of carbonyl (C=O) groups is 1. The molecule has 0 aromatic heterocycles. The average molecular weight is 142 g/mol. The molecule has 3 nitrogen and oxygen atoms in total. The van der Waals surface area contributed by atoms with Gasteiger partial charge in [0.15, 0.2) is 0 Å². The highest BCUT2D eigenvalue weighted by Gasteiger charge is 2.20. The maximum absolute atomic E-state index is 10.7. The standard InChI is InChI=1S/C7H14N2O/c1-4-5(6(8)10)7(2,3)9/h4H,9H2,1-3H3,(H2,8,10). The molecule has 0 spiro atoms. The first-order chi connectivity index (χ1) is 4.39. The van der Waals surface area contributed by atoms with Crippen LogP contribution < -0.4 is 11.5 Å². The highest BCUT2D eigenvalue weighted by Crippen LogP contribution is 2.10. The summed E-state index contributed by atoms with van der Waals surface area (Å²) < 4.78 is 0. The van der Waals surface area contributed by atoms with Crippen LogP contribution in [0.15, 0.2) is 11.6 Å². The second kappa shape index (κ2) is 2.84. The number of allylic oxidation sites excluding steroid dienone is 1. The topological polar surface area (TPSA) is 69.1 Å². The SMILES string of the molecule is CC=C(C(N)=O)C(C)(C)N. The van der Waals surface area contributed by atoms with E-state index >= 15 is 0 Å². The van der Waals surface area contributed by atoms with Gasteiger partial charge >= 0.3 is 0 Å². The van der Waals surface area contributed by atoms with Gasteiger partial charge in [-0.25, -0.2) is 0 Å². The highest BCUT2D eigenvalue weighted by molar-refractivity contribution is 5.93. The molecule has 10 heavy (non-hydrogen) atoms. The Morgan fingerprint density at radius 3 is 1.90 bits per heavy atom. The summed E-state index contributed by atoms with van der Waals surface area (Å²) in [6.07, 6.45) is 1.64. The second-order valence-corrected chi connectivity index (χ2v) is 2.79. The molecular formula is C7H14N2O. The summed E-state index contributed by atoms with van der Waals surface area (Å²) in [6, 6.07) is 0. The lowest BCUT2D eigenvalue weighted by Gasteiger charge is -2.19. The van der Waals surface area contributed by atoms with Crippen LogP contribution in [0.3, 0.4) is 0 Å². The van der Waals surface area contributed by atoms with Gasteiger partial charge in [-0.1, -0.05) is 6.08 Å². The van der Waals surface area contributed by atoms with Crippen LogP contribution in [0, 0.1) is 0 Å². The molecule has 0 radical (unpaired) electrons. The molecule has 0 aliphatic carbocycles. The molecule has 0 atom stereocenters. The first-order valence-electron chi connectivity index (χ1n) is 3.15. The summed E-state index contributed by atoms with van der Waals surface area (Å²) in [7, 11) is 0. The molecule has 58 valence electrons. The number of amides is 1. The van der Waals surface area contributed by atoms with Gasteiger partial charge in [0.05, 0.1) is 0 Å². The molecule has 0 aliphatic rings. The highest BCUT2D eigenvalue weighted by atomic mass is 16.1. The zero-order chi connectivity index (χ0) is 8.36. The van der Waals surface area contributed by atoms with Crippen LogP contribution in [0.4, 0.5) is 0 Å². The van der Waals surface area contributed by atoms with Gasteiger partial charge in [0, 0.05) is 11.1 Å². The van der Waals surface area contributed by atoms with E-state index in [4.69, 9.17) is 11.5 Å². The van der Waals surface area contributed by atoms with E-state index in [2.05, 4.69) is 0 Å². The summed E-state index contributed by atoms with van der Waals surface area (Å²) in [5.74, 6) is -0.449. The zero-order valence-electron chi connectivity index (χ0n) is 6.64. The minimum absolute atomic E-state index is 0.449. The molecule has 1 amide bonds. The number of carbonyl (C=O) groups excluding carboxylic acids is 1. The minimum atomic E-state index is -0.624. The van der Waals surface area contributed by atoms with E-state index in [1.54, 1.807) is 26.8 Å². The molecule has 0 saturated carbocycles. The molecule has 0 aromatic carbocycles. The third kappa shape index (κ3) is 2.19. The third-order valence-electron chi connectivity index (χ3n) is 1.25. The lowest BCUT2D eigenvalue weighted by Crippen LogP contribution is -2.40. The summed E-state index contributed by atoms with van der Waals surface area (Å²) >= 11 is 0. The Balaban J connectivity index is 4.56. The van der Waals surface area contributed by atoms with E-state index in [1.165, 1.54) is 0 Å². The fourth-order valence-electron chi connectivity index (χ4n) is 0.832. The molecule has 0 unspecified atom stereocenters. The van der Waals surface area contributed by atoms with Crippen LogP contribution in [0.1, 0.15) is 20.8 Å². The summed E-state index contributed by atoms with van der Waals surface area (Å²) in [4.78, 5) is 10.7. The molecular weight excluding hydrogens is 128 g/mol. The van der Waals surface area contributed by atoms with E-state index in [-0.39, 0.29) is 0 Å². The minimum Gasteiger partial charge on any atom is -0.366 e. The fourth-order valence-corrected chi connectivity index (χ4v) is 0.832. The Morgan fingerprint density at radius 2 is 1.90 bits per heavy atom. The van der Waals surface area contributed by atoms with Gasteiger partial charge in [0.1, 0.15) is 0 Å². The van der Waals surface area contributed by atoms with Crippen molar-refractivity contribution in [1.29, 1.82) is 0 Å². The van der Waals surface area contributed by atoms with Crippen LogP contribution in [-0.4, -0.2) is 11.4 Å². The van der Waals surface area contributed by atoms with Crippen molar-refractivity contribution >= 4 is 5.91 Å². The fraction of sp³-hybridized carbons (Fsp3) is 0.571. The Kier molecular flexibility index (Phi) is 2.60. The van der Waals surface area contributed by atoms with Crippen molar-refractivity contribution in [3.63, 3.8) is 0 Å². The number of hydrogen-bond acceptors (Lipinski definition) is 2.